The van der Waals surface area contributed by atoms with Gasteiger partial charge in [-0.1, -0.05) is 29.8 Å². The van der Waals surface area contributed by atoms with Crippen molar-refractivity contribution in [2.24, 2.45) is 0 Å². The van der Waals surface area contributed by atoms with E-state index in [1.54, 1.807) is 31.6 Å². The van der Waals surface area contributed by atoms with Gasteiger partial charge in [0.1, 0.15) is 5.75 Å². The number of aromatic nitrogens is 1. The van der Waals surface area contributed by atoms with Gasteiger partial charge >= 0.3 is 0 Å². The zero-order valence-electron chi connectivity index (χ0n) is 13.7. The zero-order chi connectivity index (χ0) is 17.6. The molecule has 0 aliphatic heterocycles. The van der Waals surface area contributed by atoms with Crippen molar-refractivity contribution >= 4 is 23.2 Å². The Kier molecular flexibility index (Phi) is 5.31. The second kappa shape index (κ2) is 7.81. The van der Waals surface area contributed by atoms with E-state index in [2.05, 4.69) is 10.3 Å². The van der Waals surface area contributed by atoms with Crippen molar-refractivity contribution in [1.82, 2.24) is 4.98 Å². The predicted molar refractivity (Wildman–Crippen MR) is 100 cm³/mol. The molecule has 25 heavy (non-hydrogen) atoms. The molecule has 0 saturated heterocycles. The van der Waals surface area contributed by atoms with Gasteiger partial charge < -0.3 is 10.1 Å². The highest BCUT2D eigenvalue weighted by molar-refractivity contribution is 6.31. The van der Waals surface area contributed by atoms with E-state index in [0.29, 0.717) is 16.5 Å². The van der Waals surface area contributed by atoms with Crippen molar-refractivity contribution in [3.05, 3.63) is 77.6 Å². The van der Waals surface area contributed by atoms with Gasteiger partial charge in [0, 0.05) is 34.7 Å². The summed E-state index contributed by atoms with van der Waals surface area (Å²) in [4.78, 5) is 16.3. The first-order valence-corrected chi connectivity index (χ1v) is 8.17. The molecule has 0 spiro atoms. The van der Waals surface area contributed by atoms with Crippen LogP contribution in [0.3, 0.4) is 0 Å². The summed E-state index contributed by atoms with van der Waals surface area (Å²) in [5.74, 6) is 0.550. The predicted octanol–water partition coefficient (Wildman–Crippen LogP) is 4.59. The van der Waals surface area contributed by atoms with E-state index in [0.717, 1.165) is 16.7 Å². The van der Waals surface area contributed by atoms with Gasteiger partial charge in [0.15, 0.2) is 0 Å². The third-order valence-corrected chi connectivity index (χ3v) is 4.15. The number of rotatable bonds is 5. The molecule has 1 amide bonds. The number of halogens is 1. The van der Waals surface area contributed by atoms with Gasteiger partial charge in [-0.2, -0.15) is 0 Å². The van der Waals surface area contributed by atoms with Crippen molar-refractivity contribution < 1.29 is 9.53 Å². The van der Waals surface area contributed by atoms with Gasteiger partial charge in [-0.3, -0.25) is 9.78 Å². The van der Waals surface area contributed by atoms with Crippen LogP contribution in [0.4, 0.5) is 5.69 Å². The number of carbonyl (C=O) groups excluding carboxylic acids is 1. The fourth-order valence-corrected chi connectivity index (χ4v) is 2.76. The van der Waals surface area contributed by atoms with Crippen LogP contribution in [0.5, 0.6) is 5.75 Å². The Morgan fingerprint density at radius 2 is 1.88 bits per heavy atom. The molecule has 1 N–H and O–H groups in total. The summed E-state index contributed by atoms with van der Waals surface area (Å²) < 4.78 is 5.47. The number of pyridine rings is 1. The Balaban J connectivity index is 1.77. The van der Waals surface area contributed by atoms with E-state index in [4.69, 9.17) is 16.3 Å². The molecule has 0 aliphatic rings. The molecule has 1 heterocycles. The maximum absolute atomic E-state index is 12.3. The van der Waals surface area contributed by atoms with Crippen molar-refractivity contribution in [2.45, 2.75) is 6.42 Å². The number of hydrogen-bond donors (Lipinski definition) is 1. The molecule has 0 saturated carbocycles. The molecule has 3 rings (SSSR count). The van der Waals surface area contributed by atoms with Crippen LogP contribution >= 0.6 is 11.6 Å². The fraction of sp³-hybridized carbons (Fsp3) is 0.100. The molecular formula is C20H17ClN2O2. The molecule has 1 aromatic heterocycles. The summed E-state index contributed by atoms with van der Waals surface area (Å²) in [7, 11) is 1.61. The summed E-state index contributed by atoms with van der Waals surface area (Å²) in [5, 5.41) is 3.47. The smallest absolute Gasteiger partial charge is 0.228 e. The Bertz CT molecular complexity index is 882. The number of amides is 1. The number of ether oxygens (including phenoxy) is 1. The minimum atomic E-state index is -0.133. The average Bonchev–Trinajstić information content (AvgIpc) is 2.64. The molecule has 4 nitrogen and oxygen atoms in total. The Morgan fingerprint density at radius 3 is 2.60 bits per heavy atom. The summed E-state index contributed by atoms with van der Waals surface area (Å²) in [5.41, 5.74) is 3.41. The van der Waals surface area contributed by atoms with E-state index in [9.17, 15) is 4.79 Å². The van der Waals surface area contributed by atoms with Crippen LogP contribution < -0.4 is 10.1 Å². The number of nitrogens with zero attached hydrogens (tertiary/aromatic N) is 1. The van der Waals surface area contributed by atoms with Gasteiger partial charge in [0.2, 0.25) is 5.91 Å². The monoisotopic (exact) mass is 352 g/mol. The van der Waals surface area contributed by atoms with Crippen LogP contribution in [-0.2, 0) is 11.2 Å². The minimum Gasteiger partial charge on any atom is -0.496 e. The maximum atomic E-state index is 12.3. The largest absolute Gasteiger partial charge is 0.496 e. The van der Waals surface area contributed by atoms with Crippen LogP contribution in [0.1, 0.15) is 5.56 Å². The molecule has 0 bridgehead atoms. The van der Waals surface area contributed by atoms with Crippen LogP contribution in [-0.4, -0.2) is 18.0 Å². The minimum absolute atomic E-state index is 0.133. The highest BCUT2D eigenvalue weighted by atomic mass is 35.5. The molecule has 0 atom stereocenters. The zero-order valence-corrected chi connectivity index (χ0v) is 14.5. The van der Waals surface area contributed by atoms with E-state index >= 15 is 0 Å². The van der Waals surface area contributed by atoms with Crippen molar-refractivity contribution in [3.63, 3.8) is 0 Å². The number of nitrogens with one attached hydrogen (secondary N) is 1. The van der Waals surface area contributed by atoms with Crippen molar-refractivity contribution in [1.29, 1.82) is 0 Å². The molecule has 0 unspecified atom stereocenters. The third kappa shape index (κ3) is 4.17. The number of carbonyl (C=O) groups is 1. The molecule has 0 fully saturated rings. The quantitative estimate of drug-likeness (QED) is 0.730. The molecular weight excluding hydrogens is 336 g/mol. The average molecular weight is 353 g/mol. The van der Waals surface area contributed by atoms with Gasteiger partial charge in [-0.25, -0.2) is 0 Å². The summed E-state index contributed by atoms with van der Waals surface area (Å²) in [6, 6.07) is 16.7. The van der Waals surface area contributed by atoms with Gasteiger partial charge in [0.25, 0.3) is 0 Å². The molecule has 0 radical (unpaired) electrons. The Hall–Kier alpha value is -2.85. The first-order valence-electron chi connectivity index (χ1n) is 7.79. The van der Waals surface area contributed by atoms with E-state index in [1.807, 2.05) is 42.5 Å². The normalized spacial score (nSPS) is 10.3. The first kappa shape index (κ1) is 17.0. The van der Waals surface area contributed by atoms with Crippen LogP contribution in [0.15, 0.2) is 67.0 Å². The summed E-state index contributed by atoms with van der Waals surface area (Å²) in [6.45, 7) is 0. The maximum Gasteiger partial charge on any atom is 0.228 e. The topological polar surface area (TPSA) is 51.2 Å². The number of methoxy groups -OCH3 is 1. The molecule has 2 aromatic carbocycles. The van der Waals surface area contributed by atoms with Gasteiger partial charge in [-0.05, 0) is 41.5 Å². The standard InChI is InChI=1S/C20H17ClN2O2/c1-25-19-13-16(6-7-17(19)14-8-10-22-11-9-14)23-20(24)12-15-4-2-3-5-18(15)21/h2-11,13H,12H2,1H3,(H,23,24). The lowest BCUT2D eigenvalue weighted by atomic mass is 10.1. The molecule has 126 valence electrons. The molecule has 3 aromatic rings. The molecule has 5 heteroatoms. The van der Waals surface area contributed by atoms with Gasteiger partial charge in [-0.15, -0.1) is 0 Å². The third-order valence-electron chi connectivity index (χ3n) is 3.79. The number of anilines is 1. The first-order chi connectivity index (χ1) is 12.2. The lowest BCUT2D eigenvalue weighted by Crippen LogP contribution is -2.14. The van der Waals surface area contributed by atoms with Gasteiger partial charge in [0.05, 0.1) is 13.5 Å². The second-order valence-electron chi connectivity index (χ2n) is 5.47. The van der Waals surface area contributed by atoms with E-state index in [-0.39, 0.29) is 12.3 Å². The van der Waals surface area contributed by atoms with Crippen LogP contribution in [0, 0.1) is 0 Å². The lowest BCUT2D eigenvalue weighted by molar-refractivity contribution is -0.115. The number of hydrogen-bond acceptors (Lipinski definition) is 3. The highest BCUT2D eigenvalue weighted by Gasteiger charge is 2.10. The van der Waals surface area contributed by atoms with E-state index in [1.165, 1.54) is 0 Å². The SMILES string of the molecule is COc1cc(NC(=O)Cc2ccccc2Cl)ccc1-c1ccncc1. The summed E-state index contributed by atoms with van der Waals surface area (Å²) >= 11 is 6.10. The Labute approximate surface area is 151 Å². The van der Waals surface area contributed by atoms with Crippen molar-refractivity contribution in [3.8, 4) is 16.9 Å². The second-order valence-corrected chi connectivity index (χ2v) is 5.87. The van der Waals surface area contributed by atoms with Crippen LogP contribution in [0.2, 0.25) is 5.02 Å². The Morgan fingerprint density at radius 1 is 1.12 bits per heavy atom. The summed E-state index contributed by atoms with van der Waals surface area (Å²) in [6.07, 6.45) is 3.68. The van der Waals surface area contributed by atoms with Crippen LogP contribution in [0.25, 0.3) is 11.1 Å². The fourth-order valence-electron chi connectivity index (χ4n) is 2.56. The molecule has 0 aliphatic carbocycles. The van der Waals surface area contributed by atoms with Crippen molar-refractivity contribution in [2.75, 3.05) is 12.4 Å². The van der Waals surface area contributed by atoms with E-state index < -0.39 is 0 Å². The highest BCUT2D eigenvalue weighted by Crippen LogP contribution is 2.32. The number of benzene rings is 2. The lowest BCUT2D eigenvalue weighted by Gasteiger charge is -2.12.